The van der Waals surface area contributed by atoms with Crippen LogP contribution in [0.4, 0.5) is 5.69 Å². The largest absolute Gasteiger partial charge is 0.384 e. The number of fused-ring (bicyclic) bond motifs is 1. The second-order valence-electron chi connectivity index (χ2n) is 5.95. The number of anilines is 1. The second kappa shape index (κ2) is 5.44. The van der Waals surface area contributed by atoms with Crippen LogP contribution in [0, 0.1) is 0 Å². The van der Waals surface area contributed by atoms with Gasteiger partial charge in [0.2, 0.25) is 0 Å². The summed E-state index contributed by atoms with van der Waals surface area (Å²) in [5, 5.41) is 6.39. The maximum atomic E-state index is 12.4. The fraction of sp³-hybridized carbons (Fsp3) is 0.562. The van der Waals surface area contributed by atoms with Gasteiger partial charge in [-0.1, -0.05) is 12.1 Å². The zero-order valence-electron chi connectivity index (χ0n) is 12.0. The minimum Gasteiger partial charge on any atom is -0.384 e. The lowest BCUT2D eigenvalue weighted by Gasteiger charge is -2.25. The number of hydrogen-bond donors (Lipinski definition) is 2. The third-order valence-electron chi connectivity index (χ3n) is 4.24. The zero-order valence-corrected chi connectivity index (χ0v) is 12.0. The van der Waals surface area contributed by atoms with Crippen LogP contribution in [0.25, 0.3) is 0 Å². The van der Waals surface area contributed by atoms with E-state index in [0.29, 0.717) is 6.54 Å². The van der Waals surface area contributed by atoms with Gasteiger partial charge >= 0.3 is 0 Å². The van der Waals surface area contributed by atoms with Gasteiger partial charge < -0.3 is 15.4 Å². The van der Waals surface area contributed by atoms with E-state index in [1.165, 1.54) is 5.56 Å². The molecule has 1 unspecified atom stereocenters. The summed E-state index contributed by atoms with van der Waals surface area (Å²) in [7, 11) is 0. The van der Waals surface area contributed by atoms with E-state index >= 15 is 0 Å². The molecule has 0 aliphatic carbocycles. The van der Waals surface area contributed by atoms with Crippen LogP contribution in [-0.2, 0) is 11.2 Å². The SMILES string of the molecule is CC1(CNC(=O)c2cccc3c2NCCC3)CCCO1. The maximum absolute atomic E-state index is 12.4. The lowest BCUT2D eigenvalue weighted by molar-refractivity contribution is 0.0206. The Bertz CT molecular complexity index is 507. The molecule has 2 aliphatic heterocycles. The molecular formula is C16H22N2O2. The zero-order chi connectivity index (χ0) is 14.0. The van der Waals surface area contributed by atoms with Crippen LogP contribution < -0.4 is 10.6 Å². The first-order chi connectivity index (χ1) is 9.68. The van der Waals surface area contributed by atoms with Crippen molar-refractivity contribution in [3.05, 3.63) is 29.3 Å². The van der Waals surface area contributed by atoms with Gasteiger partial charge in [-0.15, -0.1) is 0 Å². The summed E-state index contributed by atoms with van der Waals surface area (Å²) in [6.45, 7) is 4.39. The van der Waals surface area contributed by atoms with E-state index in [9.17, 15) is 4.79 Å². The number of carbonyl (C=O) groups is 1. The summed E-state index contributed by atoms with van der Waals surface area (Å²) in [4.78, 5) is 12.4. The normalized spacial score (nSPS) is 24.9. The van der Waals surface area contributed by atoms with Gasteiger partial charge in [-0.05, 0) is 44.2 Å². The Labute approximate surface area is 119 Å². The van der Waals surface area contributed by atoms with Gasteiger partial charge in [0.15, 0.2) is 0 Å². The third kappa shape index (κ3) is 2.66. The van der Waals surface area contributed by atoms with E-state index in [-0.39, 0.29) is 11.5 Å². The summed E-state index contributed by atoms with van der Waals surface area (Å²) in [5.74, 6) is -0.00650. The molecule has 108 valence electrons. The minimum atomic E-state index is -0.196. The molecule has 20 heavy (non-hydrogen) atoms. The van der Waals surface area contributed by atoms with Crippen molar-refractivity contribution in [3.8, 4) is 0 Å². The number of amides is 1. The van der Waals surface area contributed by atoms with Gasteiger partial charge in [-0.2, -0.15) is 0 Å². The molecular weight excluding hydrogens is 252 g/mol. The van der Waals surface area contributed by atoms with Crippen LogP contribution in [0.1, 0.15) is 42.1 Å². The highest BCUT2D eigenvalue weighted by Gasteiger charge is 2.30. The van der Waals surface area contributed by atoms with Crippen molar-refractivity contribution >= 4 is 11.6 Å². The Hall–Kier alpha value is -1.55. The number of carbonyl (C=O) groups excluding carboxylic acids is 1. The molecule has 2 heterocycles. The number of nitrogens with one attached hydrogen (secondary N) is 2. The number of benzene rings is 1. The summed E-state index contributed by atoms with van der Waals surface area (Å²) in [6, 6.07) is 5.96. The van der Waals surface area contributed by atoms with Crippen molar-refractivity contribution in [3.63, 3.8) is 0 Å². The van der Waals surface area contributed by atoms with Gasteiger partial charge in [0.25, 0.3) is 5.91 Å². The lowest BCUT2D eigenvalue weighted by atomic mass is 9.98. The first-order valence-corrected chi connectivity index (χ1v) is 7.46. The topological polar surface area (TPSA) is 50.4 Å². The Balaban J connectivity index is 1.71. The van der Waals surface area contributed by atoms with Gasteiger partial charge in [-0.3, -0.25) is 4.79 Å². The number of aryl methyl sites for hydroxylation is 1. The molecule has 1 saturated heterocycles. The number of ether oxygens (including phenoxy) is 1. The van der Waals surface area contributed by atoms with Crippen LogP contribution in [0.2, 0.25) is 0 Å². The molecule has 0 saturated carbocycles. The maximum Gasteiger partial charge on any atom is 0.253 e. The van der Waals surface area contributed by atoms with Crippen LogP contribution in [0.5, 0.6) is 0 Å². The van der Waals surface area contributed by atoms with Crippen LogP contribution in [0.15, 0.2) is 18.2 Å². The van der Waals surface area contributed by atoms with Gasteiger partial charge in [0.05, 0.1) is 16.9 Å². The van der Waals surface area contributed by atoms with E-state index in [2.05, 4.69) is 23.6 Å². The predicted molar refractivity (Wildman–Crippen MR) is 79.2 cm³/mol. The van der Waals surface area contributed by atoms with Gasteiger partial charge in [0, 0.05) is 19.7 Å². The Morgan fingerprint density at radius 1 is 1.45 bits per heavy atom. The molecule has 0 bridgehead atoms. The van der Waals surface area contributed by atoms with Crippen molar-refractivity contribution in [2.75, 3.05) is 25.0 Å². The predicted octanol–water partition coefficient (Wildman–Crippen LogP) is 2.34. The summed E-state index contributed by atoms with van der Waals surface area (Å²) >= 11 is 0. The first-order valence-electron chi connectivity index (χ1n) is 7.46. The quantitative estimate of drug-likeness (QED) is 0.889. The fourth-order valence-electron chi connectivity index (χ4n) is 3.04. The molecule has 0 spiro atoms. The molecule has 1 atom stereocenters. The minimum absolute atomic E-state index is 0.00650. The molecule has 2 N–H and O–H groups in total. The van der Waals surface area contributed by atoms with E-state index in [0.717, 1.165) is 50.1 Å². The smallest absolute Gasteiger partial charge is 0.253 e. The molecule has 3 rings (SSSR count). The van der Waals surface area contributed by atoms with Gasteiger partial charge in [-0.25, -0.2) is 0 Å². The van der Waals surface area contributed by atoms with Crippen molar-refractivity contribution < 1.29 is 9.53 Å². The number of para-hydroxylation sites is 1. The van der Waals surface area contributed by atoms with E-state index in [1.807, 2.05) is 12.1 Å². The molecule has 2 aliphatic rings. The fourth-order valence-corrected chi connectivity index (χ4v) is 3.04. The van der Waals surface area contributed by atoms with E-state index in [4.69, 9.17) is 4.74 Å². The third-order valence-corrected chi connectivity index (χ3v) is 4.24. The molecule has 0 radical (unpaired) electrons. The second-order valence-corrected chi connectivity index (χ2v) is 5.95. The van der Waals surface area contributed by atoms with E-state index < -0.39 is 0 Å². The Morgan fingerprint density at radius 2 is 2.35 bits per heavy atom. The van der Waals surface area contributed by atoms with Crippen LogP contribution >= 0.6 is 0 Å². The molecule has 0 aromatic heterocycles. The summed E-state index contributed by atoms with van der Waals surface area (Å²) < 4.78 is 5.71. The highest BCUT2D eigenvalue weighted by Crippen LogP contribution is 2.27. The lowest BCUT2D eigenvalue weighted by Crippen LogP contribution is -2.40. The van der Waals surface area contributed by atoms with Crippen molar-refractivity contribution in [1.29, 1.82) is 0 Å². The molecule has 1 fully saturated rings. The molecule has 4 heteroatoms. The van der Waals surface area contributed by atoms with Gasteiger partial charge in [0.1, 0.15) is 0 Å². The Kier molecular flexibility index (Phi) is 3.66. The average molecular weight is 274 g/mol. The molecule has 1 aromatic rings. The van der Waals surface area contributed by atoms with Crippen molar-refractivity contribution in [1.82, 2.24) is 5.32 Å². The number of rotatable bonds is 3. The van der Waals surface area contributed by atoms with Crippen molar-refractivity contribution in [2.24, 2.45) is 0 Å². The summed E-state index contributed by atoms with van der Waals surface area (Å²) in [6.07, 6.45) is 4.27. The molecule has 4 nitrogen and oxygen atoms in total. The van der Waals surface area contributed by atoms with Crippen LogP contribution in [0.3, 0.4) is 0 Å². The highest BCUT2D eigenvalue weighted by atomic mass is 16.5. The first kappa shape index (κ1) is 13.4. The molecule has 1 aromatic carbocycles. The monoisotopic (exact) mass is 274 g/mol. The Morgan fingerprint density at radius 3 is 3.15 bits per heavy atom. The summed E-state index contributed by atoms with van der Waals surface area (Å²) in [5.41, 5.74) is 2.81. The highest BCUT2D eigenvalue weighted by molar-refractivity contribution is 6.00. The standard InChI is InChI=1S/C16H22N2O2/c1-16(8-4-10-20-16)11-18-15(19)13-7-2-5-12-6-3-9-17-14(12)13/h2,5,7,17H,3-4,6,8-11H2,1H3,(H,18,19). The average Bonchev–Trinajstić information content (AvgIpc) is 2.91. The van der Waals surface area contributed by atoms with E-state index in [1.54, 1.807) is 0 Å². The van der Waals surface area contributed by atoms with Crippen molar-refractivity contribution in [2.45, 2.75) is 38.2 Å². The number of hydrogen-bond acceptors (Lipinski definition) is 3. The van der Waals surface area contributed by atoms with Crippen LogP contribution in [-0.4, -0.2) is 31.2 Å². The molecule has 1 amide bonds.